The maximum absolute atomic E-state index is 12.3. The van der Waals surface area contributed by atoms with Gasteiger partial charge in [-0.15, -0.1) is 0 Å². The summed E-state index contributed by atoms with van der Waals surface area (Å²) in [5.74, 6) is -2.11. The fraction of sp³-hybridized carbons (Fsp3) is 0.375. The number of aromatic nitrogens is 2. The van der Waals surface area contributed by atoms with Crippen LogP contribution in [-0.4, -0.2) is 37.3 Å². The Labute approximate surface area is 191 Å². The Morgan fingerprint density at radius 1 is 1.12 bits per heavy atom. The topological polar surface area (TPSA) is 102 Å². The molecule has 8 heteroatoms. The zero-order chi connectivity index (χ0) is 24.0. The third-order valence-electron chi connectivity index (χ3n) is 5.37. The highest BCUT2D eigenvalue weighted by Gasteiger charge is 2.33. The van der Waals surface area contributed by atoms with Gasteiger partial charge in [-0.05, 0) is 64.8 Å². The molecule has 1 aromatic carbocycles. The number of fused-ring (bicyclic) bond motifs is 1. The van der Waals surface area contributed by atoms with Crippen molar-refractivity contribution in [3.8, 4) is 11.1 Å². The highest BCUT2D eigenvalue weighted by molar-refractivity contribution is 6.30. The smallest absolute Gasteiger partial charge is 0.337 e. The van der Waals surface area contributed by atoms with Crippen LogP contribution in [0.1, 0.15) is 49.4 Å². The number of aryl methyl sites for hydroxylation is 2. The molecule has 2 N–H and O–H groups in total. The molecule has 2 aromatic heterocycles. The van der Waals surface area contributed by atoms with Crippen molar-refractivity contribution in [1.29, 1.82) is 0 Å². The number of carboxylic acid groups (broad SMARTS) is 2. The van der Waals surface area contributed by atoms with Crippen LogP contribution in [-0.2, 0) is 20.9 Å². The van der Waals surface area contributed by atoms with Crippen molar-refractivity contribution in [1.82, 2.24) is 9.55 Å². The summed E-state index contributed by atoms with van der Waals surface area (Å²) in [5, 5.41) is 20.8. The lowest BCUT2D eigenvalue weighted by Gasteiger charge is -2.28. The second kappa shape index (κ2) is 8.56. The first kappa shape index (κ1) is 23.8. The van der Waals surface area contributed by atoms with Gasteiger partial charge in [-0.25, -0.2) is 9.78 Å². The van der Waals surface area contributed by atoms with Crippen LogP contribution in [0, 0.1) is 20.8 Å². The molecule has 1 atom stereocenters. The van der Waals surface area contributed by atoms with Crippen molar-refractivity contribution >= 4 is 34.6 Å². The fourth-order valence-corrected chi connectivity index (χ4v) is 4.07. The second-order valence-corrected chi connectivity index (χ2v) is 9.27. The van der Waals surface area contributed by atoms with Gasteiger partial charge >= 0.3 is 11.9 Å². The largest absolute Gasteiger partial charge is 0.480 e. The van der Waals surface area contributed by atoms with E-state index in [1.807, 2.05) is 26.0 Å². The Morgan fingerprint density at radius 3 is 2.22 bits per heavy atom. The lowest BCUT2D eigenvalue weighted by Crippen LogP contribution is -2.28. The summed E-state index contributed by atoms with van der Waals surface area (Å²) in [7, 11) is 0. The summed E-state index contributed by atoms with van der Waals surface area (Å²) >= 11 is 6.11. The van der Waals surface area contributed by atoms with Gasteiger partial charge in [0.15, 0.2) is 6.10 Å². The van der Waals surface area contributed by atoms with E-state index in [-0.39, 0.29) is 6.54 Å². The van der Waals surface area contributed by atoms with Crippen molar-refractivity contribution in [2.45, 2.75) is 59.8 Å². The fourth-order valence-electron chi connectivity index (χ4n) is 3.95. The average Bonchev–Trinajstić information content (AvgIpc) is 2.89. The maximum atomic E-state index is 12.3. The number of aliphatic carboxylic acids is 2. The molecule has 0 radical (unpaired) electrons. The van der Waals surface area contributed by atoms with Crippen LogP contribution in [0.5, 0.6) is 0 Å². The zero-order valence-corrected chi connectivity index (χ0v) is 19.7. The minimum Gasteiger partial charge on any atom is -0.480 e. The number of ether oxygens (including phenoxy) is 1. The highest BCUT2D eigenvalue weighted by Crippen LogP contribution is 2.42. The molecule has 7 nitrogen and oxygen atoms in total. The Hall–Kier alpha value is -2.90. The van der Waals surface area contributed by atoms with Crippen LogP contribution in [0.4, 0.5) is 0 Å². The van der Waals surface area contributed by atoms with Crippen LogP contribution < -0.4 is 0 Å². The third-order valence-corrected chi connectivity index (χ3v) is 5.62. The molecular weight excluding hydrogens is 432 g/mol. The van der Waals surface area contributed by atoms with Gasteiger partial charge in [-0.3, -0.25) is 4.79 Å². The van der Waals surface area contributed by atoms with E-state index in [0.717, 1.165) is 16.8 Å². The van der Waals surface area contributed by atoms with E-state index in [2.05, 4.69) is 4.98 Å². The van der Waals surface area contributed by atoms with E-state index in [1.54, 1.807) is 44.4 Å². The maximum Gasteiger partial charge on any atom is 0.337 e. The molecule has 0 fully saturated rings. The third kappa shape index (κ3) is 4.49. The van der Waals surface area contributed by atoms with Gasteiger partial charge < -0.3 is 19.5 Å². The zero-order valence-electron chi connectivity index (χ0n) is 19.0. The number of halogens is 1. The molecule has 2 heterocycles. The number of carbonyl (C=O) groups is 2. The summed E-state index contributed by atoms with van der Waals surface area (Å²) < 4.78 is 7.62. The van der Waals surface area contributed by atoms with Gasteiger partial charge in [0.2, 0.25) is 0 Å². The molecule has 0 unspecified atom stereocenters. The van der Waals surface area contributed by atoms with Crippen molar-refractivity contribution in [3.05, 3.63) is 51.8 Å². The highest BCUT2D eigenvalue weighted by atomic mass is 35.5. The van der Waals surface area contributed by atoms with Crippen LogP contribution in [0.15, 0.2) is 24.3 Å². The average molecular weight is 459 g/mol. The Bertz CT molecular complexity index is 1210. The quantitative estimate of drug-likeness (QED) is 0.519. The van der Waals surface area contributed by atoms with Gasteiger partial charge in [0, 0.05) is 32.9 Å². The lowest BCUT2D eigenvalue weighted by atomic mass is 9.91. The summed E-state index contributed by atoms with van der Waals surface area (Å²) in [6.45, 7) is 10.6. The number of nitrogens with zero attached hydrogens (tertiary/aromatic N) is 2. The van der Waals surface area contributed by atoms with Crippen LogP contribution in [0.25, 0.3) is 22.2 Å². The first-order valence-corrected chi connectivity index (χ1v) is 10.6. The number of benzene rings is 1. The molecule has 0 amide bonds. The molecule has 3 aromatic rings. The van der Waals surface area contributed by atoms with Crippen molar-refractivity contribution in [2.75, 3.05) is 0 Å². The number of hydrogen-bond donors (Lipinski definition) is 2. The van der Waals surface area contributed by atoms with Crippen molar-refractivity contribution in [2.24, 2.45) is 0 Å². The molecule has 0 spiro atoms. The molecule has 0 bridgehead atoms. The van der Waals surface area contributed by atoms with E-state index in [1.165, 1.54) is 0 Å². The molecule has 170 valence electrons. The molecule has 3 rings (SSSR count). The minimum absolute atomic E-state index is 0.247. The number of carboxylic acids is 2. The number of hydrogen-bond acceptors (Lipinski definition) is 4. The second-order valence-electron chi connectivity index (χ2n) is 8.83. The van der Waals surface area contributed by atoms with E-state index in [0.29, 0.717) is 32.9 Å². The lowest BCUT2D eigenvalue weighted by molar-refractivity contribution is -0.160. The first-order chi connectivity index (χ1) is 14.8. The van der Waals surface area contributed by atoms with Crippen molar-refractivity contribution < 1.29 is 24.5 Å². The van der Waals surface area contributed by atoms with Crippen molar-refractivity contribution in [3.63, 3.8) is 0 Å². The summed E-state index contributed by atoms with van der Waals surface area (Å²) in [6, 6.07) is 7.11. The molecule has 32 heavy (non-hydrogen) atoms. The van der Waals surface area contributed by atoms with E-state index in [9.17, 15) is 19.8 Å². The molecule has 0 aliphatic carbocycles. The van der Waals surface area contributed by atoms with Gasteiger partial charge in [-0.1, -0.05) is 23.7 Å². The van der Waals surface area contributed by atoms with E-state index < -0.39 is 23.6 Å². The van der Waals surface area contributed by atoms with E-state index >= 15 is 0 Å². The monoisotopic (exact) mass is 458 g/mol. The first-order valence-electron chi connectivity index (χ1n) is 10.2. The number of rotatable bonds is 6. The summed E-state index contributed by atoms with van der Waals surface area (Å²) in [6.07, 6.45) is -1.26. The normalized spacial score (nSPS) is 12.8. The predicted octanol–water partition coefficient (Wildman–Crippen LogP) is 5.31. The SMILES string of the molecule is Cc1nc2c(c(C)c(C)n2CC(=O)O)c(-c2ccc(Cl)cc2)c1[C@H](OC(C)(C)C)C(=O)O. The van der Waals surface area contributed by atoms with Gasteiger partial charge in [0.25, 0.3) is 0 Å². The predicted molar refractivity (Wildman–Crippen MR) is 123 cm³/mol. The molecule has 0 saturated carbocycles. The van der Waals surface area contributed by atoms with Gasteiger partial charge in [0.1, 0.15) is 12.2 Å². The van der Waals surface area contributed by atoms with Crippen LogP contribution >= 0.6 is 11.6 Å². The standard InChI is InChI=1S/C24H27ClN2O5/c1-12-14(3)27(11-17(28)29)22-18(12)20(15-7-9-16(25)10-8-15)19(13(2)26-22)21(23(30)31)32-24(4,5)6/h7-10,21H,11H2,1-6H3,(H,28,29)(H,30,31)/t21-/m0/s1. The molecule has 0 saturated heterocycles. The van der Waals surface area contributed by atoms with Gasteiger partial charge in [-0.2, -0.15) is 0 Å². The molecular formula is C24H27ClN2O5. The summed E-state index contributed by atoms with van der Waals surface area (Å²) in [4.78, 5) is 28.5. The van der Waals surface area contributed by atoms with Gasteiger partial charge in [0.05, 0.1) is 5.60 Å². The summed E-state index contributed by atoms with van der Waals surface area (Å²) in [5.41, 5.74) is 3.67. The van der Waals surface area contributed by atoms with Crippen LogP contribution in [0.3, 0.4) is 0 Å². The minimum atomic E-state index is -1.26. The number of pyridine rings is 1. The Balaban J connectivity index is 2.49. The Morgan fingerprint density at radius 2 is 1.72 bits per heavy atom. The molecule has 0 aliphatic rings. The Kier molecular flexibility index (Phi) is 6.36. The van der Waals surface area contributed by atoms with Crippen LogP contribution in [0.2, 0.25) is 5.02 Å². The van der Waals surface area contributed by atoms with E-state index in [4.69, 9.17) is 16.3 Å². The molecule has 0 aliphatic heterocycles.